The Morgan fingerprint density at radius 2 is 0.385 bits per heavy atom. The average molecular weight is 923 g/mol. The SMILES string of the molecule is Cc1cc(C)cc(Oc2ccc(S(=O)(=O)c3ccc(Oc4ccc(S(=O)(=O)c5ccc(Oc6ccc(S(=O)(=O)c7ccc(Oc8cc(C)cc(C)c8)cc7)cc6)cc5)cc4)cc3)cc2)c1. The molecule has 0 saturated heterocycles. The van der Waals surface area contributed by atoms with Crippen LogP contribution in [0, 0.1) is 27.7 Å². The number of rotatable bonds is 14. The zero-order valence-corrected chi connectivity index (χ0v) is 38.1. The van der Waals surface area contributed by atoms with E-state index in [9.17, 15) is 25.3 Å². The van der Waals surface area contributed by atoms with E-state index in [0.717, 1.165) is 22.3 Å². The van der Waals surface area contributed by atoms with E-state index in [1.54, 1.807) is 24.3 Å². The second-order valence-corrected chi connectivity index (χ2v) is 21.2. The molecule has 0 unspecified atom stereocenters. The number of hydrogen-bond acceptors (Lipinski definition) is 10. The van der Waals surface area contributed by atoms with Gasteiger partial charge in [0.25, 0.3) is 0 Å². The van der Waals surface area contributed by atoms with Gasteiger partial charge in [0.05, 0.1) is 29.4 Å². The smallest absolute Gasteiger partial charge is 0.206 e. The van der Waals surface area contributed by atoms with Crippen molar-refractivity contribution >= 4 is 29.5 Å². The second-order valence-electron chi connectivity index (χ2n) is 15.4. The minimum absolute atomic E-state index is 0.0331. The highest BCUT2D eigenvalue weighted by molar-refractivity contribution is 7.92. The summed E-state index contributed by atoms with van der Waals surface area (Å²) in [6.45, 7) is 7.91. The second kappa shape index (κ2) is 18.1. The van der Waals surface area contributed by atoms with Gasteiger partial charge in [-0.25, -0.2) is 25.3 Å². The van der Waals surface area contributed by atoms with E-state index in [0.29, 0.717) is 46.0 Å². The van der Waals surface area contributed by atoms with Gasteiger partial charge in [-0.05, 0) is 220 Å². The lowest BCUT2D eigenvalue weighted by atomic mass is 10.1. The van der Waals surface area contributed by atoms with Crippen LogP contribution in [0.4, 0.5) is 0 Å². The molecule has 65 heavy (non-hydrogen) atoms. The Balaban J connectivity index is 0.856. The van der Waals surface area contributed by atoms with Crippen LogP contribution < -0.4 is 18.9 Å². The molecule has 328 valence electrons. The fourth-order valence-corrected chi connectivity index (χ4v) is 10.8. The van der Waals surface area contributed by atoms with Gasteiger partial charge in [0.15, 0.2) is 0 Å². The molecule has 8 aromatic carbocycles. The highest BCUT2D eigenvalue weighted by Crippen LogP contribution is 2.33. The average Bonchev–Trinajstić information content (AvgIpc) is 3.27. The van der Waals surface area contributed by atoms with Crippen molar-refractivity contribution < 1.29 is 44.2 Å². The number of sulfone groups is 3. The van der Waals surface area contributed by atoms with Gasteiger partial charge in [-0.2, -0.15) is 0 Å². The summed E-state index contributed by atoms with van der Waals surface area (Å²) >= 11 is 0. The summed E-state index contributed by atoms with van der Waals surface area (Å²) in [7, 11) is -11.6. The predicted octanol–water partition coefficient (Wildman–Crippen LogP) is 12.6. The normalized spacial score (nSPS) is 11.8. The van der Waals surface area contributed by atoms with Crippen LogP contribution in [0.1, 0.15) is 22.3 Å². The molecule has 10 nitrogen and oxygen atoms in total. The van der Waals surface area contributed by atoms with Crippen molar-refractivity contribution in [1.29, 1.82) is 0 Å². The van der Waals surface area contributed by atoms with E-state index in [2.05, 4.69) is 0 Å². The molecule has 0 aliphatic heterocycles. The summed E-state index contributed by atoms with van der Waals surface area (Å²) in [5.74, 6) is 3.76. The van der Waals surface area contributed by atoms with Crippen LogP contribution in [0.15, 0.2) is 211 Å². The summed E-state index contributed by atoms with van der Waals surface area (Å²) in [5, 5.41) is 0. The van der Waals surface area contributed by atoms with Gasteiger partial charge in [0.2, 0.25) is 29.5 Å². The minimum atomic E-state index is -3.92. The Morgan fingerprint density at radius 3 is 0.554 bits per heavy atom. The van der Waals surface area contributed by atoms with Crippen molar-refractivity contribution in [3.8, 4) is 46.0 Å². The molecule has 0 saturated carbocycles. The van der Waals surface area contributed by atoms with Gasteiger partial charge in [0, 0.05) is 0 Å². The lowest BCUT2D eigenvalue weighted by molar-refractivity contribution is 0.481. The summed E-state index contributed by atoms with van der Waals surface area (Å²) < 4.78 is 104. The number of aryl methyl sites for hydroxylation is 4. The topological polar surface area (TPSA) is 139 Å². The van der Waals surface area contributed by atoms with Crippen molar-refractivity contribution in [2.45, 2.75) is 57.1 Å². The predicted molar refractivity (Wildman–Crippen MR) is 247 cm³/mol. The van der Waals surface area contributed by atoms with E-state index in [4.69, 9.17) is 18.9 Å². The van der Waals surface area contributed by atoms with Crippen LogP contribution >= 0.6 is 0 Å². The van der Waals surface area contributed by atoms with Crippen molar-refractivity contribution in [3.05, 3.63) is 204 Å². The van der Waals surface area contributed by atoms with E-state index in [1.807, 2.05) is 64.1 Å². The molecule has 0 heterocycles. The van der Waals surface area contributed by atoms with Crippen LogP contribution in [-0.4, -0.2) is 25.3 Å². The highest BCUT2D eigenvalue weighted by Gasteiger charge is 2.21. The first-order valence-electron chi connectivity index (χ1n) is 20.3. The van der Waals surface area contributed by atoms with Gasteiger partial charge in [-0.1, -0.05) is 12.1 Å². The lowest BCUT2D eigenvalue weighted by Crippen LogP contribution is -2.02. The van der Waals surface area contributed by atoms with Gasteiger partial charge in [-0.15, -0.1) is 0 Å². The fraction of sp³-hybridized carbons (Fsp3) is 0.0769. The molecule has 8 rings (SSSR count). The summed E-state index contributed by atoms with van der Waals surface area (Å²) in [6.07, 6.45) is 0. The summed E-state index contributed by atoms with van der Waals surface area (Å²) in [4.78, 5) is 0.438. The van der Waals surface area contributed by atoms with Gasteiger partial charge >= 0.3 is 0 Å². The highest BCUT2D eigenvalue weighted by atomic mass is 32.2. The number of hydrogen-bond donors (Lipinski definition) is 0. The molecule has 8 aromatic rings. The van der Waals surface area contributed by atoms with Crippen LogP contribution in [0.2, 0.25) is 0 Å². The third kappa shape index (κ3) is 10.3. The Kier molecular flexibility index (Phi) is 12.4. The first-order chi connectivity index (χ1) is 31.0. The largest absolute Gasteiger partial charge is 0.457 e. The van der Waals surface area contributed by atoms with E-state index in [-0.39, 0.29) is 29.4 Å². The summed E-state index contributed by atoms with van der Waals surface area (Å²) in [6, 6.07) is 47.8. The molecule has 0 radical (unpaired) electrons. The Morgan fingerprint density at radius 1 is 0.231 bits per heavy atom. The molecule has 0 bridgehead atoms. The van der Waals surface area contributed by atoms with E-state index >= 15 is 0 Å². The van der Waals surface area contributed by atoms with Crippen LogP contribution in [0.5, 0.6) is 46.0 Å². The molecule has 0 amide bonds. The van der Waals surface area contributed by atoms with Gasteiger partial charge in [-0.3, -0.25) is 0 Å². The quantitative estimate of drug-likeness (QED) is 0.104. The maximum Gasteiger partial charge on any atom is 0.206 e. The lowest BCUT2D eigenvalue weighted by Gasteiger charge is -2.11. The van der Waals surface area contributed by atoms with Crippen molar-refractivity contribution in [1.82, 2.24) is 0 Å². The zero-order valence-electron chi connectivity index (χ0n) is 35.6. The zero-order chi connectivity index (χ0) is 45.9. The van der Waals surface area contributed by atoms with Crippen molar-refractivity contribution in [2.24, 2.45) is 0 Å². The van der Waals surface area contributed by atoms with Gasteiger partial charge in [0.1, 0.15) is 46.0 Å². The number of ether oxygens (including phenoxy) is 4. The van der Waals surface area contributed by atoms with E-state index < -0.39 is 29.5 Å². The fourth-order valence-electron chi connectivity index (χ4n) is 7.06. The molecule has 0 fully saturated rings. The summed E-state index contributed by atoms with van der Waals surface area (Å²) in [5.41, 5.74) is 4.24. The molecule has 0 aromatic heterocycles. The maximum absolute atomic E-state index is 13.5. The molecule has 0 atom stereocenters. The first kappa shape index (κ1) is 44.4. The van der Waals surface area contributed by atoms with Crippen LogP contribution in [-0.2, 0) is 29.5 Å². The molecule has 0 aliphatic carbocycles. The van der Waals surface area contributed by atoms with Gasteiger partial charge < -0.3 is 18.9 Å². The Hall–Kier alpha value is -7.19. The molecule has 0 spiro atoms. The third-order valence-electron chi connectivity index (χ3n) is 10.1. The van der Waals surface area contributed by atoms with Crippen molar-refractivity contribution in [2.75, 3.05) is 0 Å². The molecule has 0 N–H and O–H groups in total. The third-order valence-corrected chi connectivity index (χ3v) is 15.5. The monoisotopic (exact) mass is 922 g/mol. The van der Waals surface area contributed by atoms with Crippen LogP contribution in [0.3, 0.4) is 0 Å². The Labute approximate surface area is 379 Å². The number of benzene rings is 8. The first-order valence-corrected chi connectivity index (χ1v) is 24.7. The van der Waals surface area contributed by atoms with Crippen LogP contribution in [0.25, 0.3) is 0 Å². The Bertz CT molecular complexity index is 3070. The minimum Gasteiger partial charge on any atom is -0.457 e. The van der Waals surface area contributed by atoms with E-state index in [1.165, 1.54) is 121 Å². The molecule has 13 heteroatoms. The van der Waals surface area contributed by atoms with Crippen molar-refractivity contribution in [3.63, 3.8) is 0 Å². The standard InChI is InChI=1S/C52H42O10S3/c1-35-29-36(2)32-45(31-35)61-43-13-25-51(26-14-43)64(55,56)49-21-9-41(10-22-49)59-39-5-17-47(18-6-39)63(53,54)48-19-7-40(8-20-48)60-42-11-23-50(24-12-42)65(57,58)52-27-15-44(16-28-52)62-46-33-37(3)30-38(4)34-46/h5-34H,1-4H3. The molecular formula is C52H42O10S3. The molecular weight excluding hydrogens is 881 g/mol. The molecule has 0 aliphatic rings. The maximum atomic E-state index is 13.5.